The summed E-state index contributed by atoms with van der Waals surface area (Å²) in [7, 11) is 0. The van der Waals surface area contributed by atoms with Crippen LogP contribution in [0.4, 0.5) is 0 Å². The summed E-state index contributed by atoms with van der Waals surface area (Å²) >= 11 is 0. The van der Waals surface area contributed by atoms with E-state index in [-0.39, 0.29) is 5.92 Å². The van der Waals surface area contributed by atoms with Crippen LogP contribution in [0.3, 0.4) is 0 Å². The Kier molecular flexibility index (Phi) is 3.84. The van der Waals surface area contributed by atoms with E-state index in [0.717, 1.165) is 56.1 Å². The third-order valence-corrected chi connectivity index (χ3v) is 6.10. The smallest absolute Gasteiger partial charge is 0.226 e. The van der Waals surface area contributed by atoms with E-state index in [0.29, 0.717) is 17.7 Å². The molecule has 1 saturated carbocycles. The number of carbonyl (C=O) groups excluding carboxylic acids is 1. The highest BCUT2D eigenvalue weighted by molar-refractivity contribution is 5.80. The number of pyridine rings is 1. The van der Waals surface area contributed by atoms with Crippen LogP contribution in [0.25, 0.3) is 0 Å². The number of allylic oxidation sites excluding steroid dienone is 2. The van der Waals surface area contributed by atoms with Gasteiger partial charge in [0.25, 0.3) is 0 Å². The Morgan fingerprint density at radius 1 is 1.15 bits per heavy atom. The van der Waals surface area contributed by atoms with Crippen LogP contribution in [0, 0.1) is 17.8 Å². The van der Waals surface area contributed by atoms with E-state index in [9.17, 15) is 4.79 Å². The van der Waals surface area contributed by atoms with E-state index in [4.69, 9.17) is 0 Å². The van der Waals surface area contributed by atoms with E-state index < -0.39 is 0 Å². The van der Waals surface area contributed by atoms with Gasteiger partial charge in [-0.1, -0.05) is 18.2 Å². The van der Waals surface area contributed by atoms with Crippen LogP contribution in [0.1, 0.15) is 30.1 Å². The van der Waals surface area contributed by atoms with Gasteiger partial charge in [-0.15, -0.1) is 10.2 Å². The lowest BCUT2D eigenvalue weighted by atomic mass is 9.92. The fourth-order valence-corrected chi connectivity index (χ4v) is 4.72. The molecular weight excluding hydrogens is 326 g/mol. The zero-order valence-corrected chi connectivity index (χ0v) is 14.8. The molecule has 3 heterocycles. The number of fused-ring (bicyclic) bond motifs is 3. The average molecular weight is 349 g/mol. The predicted octanol–water partition coefficient (Wildman–Crippen LogP) is 1.86. The Bertz CT molecular complexity index is 843. The lowest BCUT2D eigenvalue weighted by Crippen LogP contribution is -2.39. The second-order valence-electron chi connectivity index (χ2n) is 7.68. The van der Waals surface area contributed by atoms with Crippen LogP contribution in [0.15, 0.2) is 36.7 Å². The summed E-state index contributed by atoms with van der Waals surface area (Å²) in [6, 6.07) is 4.00. The maximum atomic E-state index is 13.0. The molecule has 1 amide bonds. The Labute approximate surface area is 152 Å². The first-order chi connectivity index (χ1) is 12.8. The summed E-state index contributed by atoms with van der Waals surface area (Å²) in [4.78, 5) is 19.3. The molecule has 2 aromatic rings. The van der Waals surface area contributed by atoms with E-state index in [1.807, 2.05) is 12.3 Å². The van der Waals surface area contributed by atoms with Crippen LogP contribution in [-0.2, 0) is 24.2 Å². The van der Waals surface area contributed by atoms with Gasteiger partial charge < -0.3 is 9.47 Å². The van der Waals surface area contributed by atoms with Crippen molar-refractivity contribution >= 4 is 5.91 Å². The molecule has 0 spiro atoms. The first-order valence-corrected chi connectivity index (χ1v) is 9.55. The van der Waals surface area contributed by atoms with Gasteiger partial charge in [-0.25, -0.2) is 0 Å². The van der Waals surface area contributed by atoms with Crippen molar-refractivity contribution in [2.45, 2.75) is 32.2 Å². The Hall–Kier alpha value is -2.50. The number of hydrogen-bond acceptors (Lipinski definition) is 4. The van der Waals surface area contributed by atoms with E-state index >= 15 is 0 Å². The molecule has 26 heavy (non-hydrogen) atoms. The van der Waals surface area contributed by atoms with Crippen LogP contribution < -0.4 is 0 Å². The summed E-state index contributed by atoms with van der Waals surface area (Å²) in [5.41, 5.74) is 1.13. The minimum absolute atomic E-state index is 0.198. The van der Waals surface area contributed by atoms with Gasteiger partial charge in [0.05, 0.1) is 0 Å². The van der Waals surface area contributed by atoms with Crippen molar-refractivity contribution in [3.63, 3.8) is 0 Å². The van der Waals surface area contributed by atoms with Crippen molar-refractivity contribution in [3.8, 4) is 0 Å². The van der Waals surface area contributed by atoms with Gasteiger partial charge in [-0.05, 0) is 36.3 Å². The Morgan fingerprint density at radius 3 is 2.88 bits per heavy atom. The number of aromatic nitrogens is 4. The molecule has 0 N–H and O–H groups in total. The third-order valence-electron chi connectivity index (χ3n) is 6.10. The van der Waals surface area contributed by atoms with Gasteiger partial charge in [0.15, 0.2) is 0 Å². The topological polar surface area (TPSA) is 63.9 Å². The second-order valence-corrected chi connectivity index (χ2v) is 7.68. The molecule has 2 bridgehead atoms. The van der Waals surface area contributed by atoms with Crippen LogP contribution in [0.5, 0.6) is 0 Å². The van der Waals surface area contributed by atoms with Gasteiger partial charge in [-0.3, -0.25) is 9.78 Å². The molecule has 5 rings (SSSR count). The molecule has 3 aliphatic rings. The zero-order valence-electron chi connectivity index (χ0n) is 14.8. The molecule has 6 heteroatoms. The highest BCUT2D eigenvalue weighted by Gasteiger charge is 2.41. The standard InChI is InChI=1S/C20H23N5O/c26-20(17-11-14-3-4-16(17)10-14)24-7-5-18-22-23-19(25(18)9-8-24)12-15-2-1-6-21-13-15/h1-4,6,13-14,16-17H,5,7-12H2/t14-,16+,17-/m1/s1. The molecule has 0 radical (unpaired) electrons. The fourth-order valence-electron chi connectivity index (χ4n) is 4.72. The van der Waals surface area contributed by atoms with Crippen molar-refractivity contribution in [2.24, 2.45) is 17.8 Å². The third kappa shape index (κ3) is 2.73. The molecule has 1 aliphatic heterocycles. The SMILES string of the molecule is O=C([C@@H]1C[C@@H]2C=C[C@H]1C2)N1CCc2nnc(Cc3cccnc3)n2CC1. The van der Waals surface area contributed by atoms with Crippen molar-refractivity contribution < 1.29 is 4.79 Å². The summed E-state index contributed by atoms with van der Waals surface area (Å²) in [5.74, 6) is 3.59. The van der Waals surface area contributed by atoms with Gasteiger partial charge in [0.2, 0.25) is 5.91 Å². The highest BCUT2D eigenvalue weighted by Crippen LogP contribution is 2.44. The summed E-state index contributed by atoms with van der Waals surface area (Å²) in [6.45, 7) is 2.28. The first kappa shape index (κ1) is 15.7. The molecule has 0 aromatic carbocycles. The molecular formula is C20H23N5O. The van der Waals surface area contributed by atoms with Crippen LogP contribution in [-0.4, -0.2) is 43.6 Å². The molecule has 1 fully saturated rings. The van der Waals surface area contributed by atoms with Gasteiger partial charge >= 0.3 is 0 Å². The quantitative estimate of drug-likeness (QED) is 0.794. The van der Waals surface area contributed by atoms with Crippen molar-refractivity contribution in [1.29, 1.82) is 0 Å². The first-order valence-electron chi connectivity index (χ1n) is 9.55. The van der Waals surface area contributed by atoms with Crippen molar-refractivity contribution in [1.82, 2.24) is 24.6 Å². The molecule has 2 aliphatic carbocycles. The summed E-state index contributed by atoms with van der Waals surface area (Å²) < 4.78 is 2.20. The van der Waals surface area contributed by atoms with E-state index in [2.05, 4.69) is 42.9 Å². The molecule has 134 valence electrons. The largest absolute Gasteiger partial charge is 0.340 e. The zero-order chi connectivity index (χ0) is 17.5. The minimum Gasteiger partial charge on any atom is -0.340 e. The monoisotopic (exact) mass is 349 g/mol. The predicted molar refractivity (Wildman–Crippen MR) is 96.2 cm³/mol. The number of nitrogens with zero attached hydrogens (tertiary/aromatic N) is 5. The average Bonchev–Trinajstić information content (AvgIpc) is 3.35. The number of amides is 1. The summed E-state index contributed by atoms with van der Waals surface area (Å²) in [6.07, 6.45) is 11.9. The Balaban J connectivity index is 1.29. The molecule has 6 nitrogen and oxygen atoms in total. The lowest BCUT2D eigenvalue weighted by molar-refractivity contribution is -0.136. The van der Waals surface area contributed by atoms with Crippen LogP contribution >= 0.6 is 0 Å². The molecule has 0 saturated heterocycles. The lowest BCUT2D eigenvalue weighted by Gasteiger charge is -2.26. The molecule has 0 unspecified atom stereocenters. The van der Waals surface area contributed by atoms with Crippen molar-refractivity contribution in [2.75, 3.05) is 13.1 Å². The van der Waals surface area contributed by atoms with Crippen LogP contribution in [0.2, 0.25) is 0 Å². The second kappa shape index (κ2) is 6.34. The Morgan fingerprint density at radius 2 is 2.12 bits per heavy atom. The molecule has 2 aromatic heterocycles. The fraction of sp³-hybridized carbons (Fsp3) is 0.500. The van der Waals surface area contributed by atoms with Gasteiger partial charge in [-0.2, -0.15) is 0 Å². The normalized spacial score (nSPS) is 26.8. The number of carbonyl (C=O) groups is 1. The summed E-state index contributed by atoms with van der Waals surface area (Å²) in [5, 5.41) is 8.77. The van der Waals surface area contributed by atoms with E-state index in [1.165, 1.54) is 6.42 Å². The number of rotatable bonds is 3. The van der Waals surface area contributed by atoms with E-state index in [1.54, 1.807) is 6.20 Å². The van der Waals surface area contributed by atoms with Gasteiger partial charge in [0, 0.05) is 50.8 Å². The van der Waals surface area contributed by atoms with Gasteiger partial charge in [0.1, 0.15) is 11.6 Å². The minimum atomic E-state index is 0.198. The highest BCUT2D eigenvalue weighted by atomic mass is 16.2. The maximum absolute atomic E-state index is 13.0. The maximum Gasteiger partial charge on any atom is 0.226 e. The molecule has 3 atom stereocenters. The van der Waals surface area contributed by atoms with Crippen molar-refractivity contribution in [3.05, 3.63) is 53.9 Å². The number of hydrogen-bond donors (Lipinski definition) is 0.